The molecule has 0 aliphatic heterocycles. The van der Waals surface area contributed by atoms with Crippen molar-refractivity contribution in [2.24, 2.45) is 0 Å². The Labute approximate surface area is 97.8 Å². The van der Waals surface area contributed by atoms with Gasteiger partial charge in [-0.1, -0.05) is 6.92 Å². The van der Waals surface area contributed by atoms with Crippen LogP contribution in [0.4, 0.5) is 0 Å². The van der Waals surface area contributed by atoms with Crippen LogP contribution >= 0.6 is 23.6 Å². The third-order valence-electron chi connectivity index (χ3n) is 2.32. The quantitative estimate of drug-likeness (QED) is 0.836. The van der Waals surface area contributed by atoms with Crippen molar-refractivity contribution in [2.45, 2.75) is 26.8 Å². The van der Waals surface area contributed by atoms with E-state index in [1.807, 2.05) is 19.3 Å². The van der Waals surface area contributed by atoms with E-state index in [1.165, 1.54) is 4.88 Å². The van der Waals surface area contributed by atoms with Crippen molar-refractivity contribution in [1.82, 2.24) is 14.5 Å². The highest BCUT2D eigenvalue weighted by molar-refractivity contribution is 7.71. The number of aromatic nitrogens is 3. The minimum atomic E-state index is 0.765. The molecule has 2 rings (SSSR count). The maximum atomic E-state index is 5.19. The highest BCUT2D eigenvalue weighted by Crippen LogP contribution is 2.15. The van der Waals surface area contributed by atoms with Gasteiger partial charge in [-0.15, -0.1) is 11.3 Å². The molecule has 2 heterocycles. The third kappa shape index (κ3) is 2.18. The Bertz CT molecular complexity index is 507. The average Bonchev–Trinajstić information content (AvgIpc) is 2.80. The Morgan fingerprint density at radius 1 is 1.60 bits per heavy atom. The average molecular weight is 239 g/mol. The molecule has 2 aromatic rings. The Morgan fingerprint density at radius 2 is 2.40 bits per heavy atom. The smallest absolute Gasteiger partial charge is 0.177 e. The van der Waals surface area contributed by atoms with Gasteiger partial charge in [0.1, 0.15) is 5.01 Å². The number of aryl methyl sites for hydroxylation is 2. The first kappa shape index (κ1) is 10.6. The lowest BCUT2D eigenvalue weighted by Gasteiger charge is -2.01. The molecule has 2 aromatic heterocycles. The van der Waals surface area contributed by atoms with E-state index in [-0.39, 0.29) is 0 Å². The first-order valence-electron chi connectivity index (χ1n) is 4.89. The minimum absolute atomic E-state index is 0.765. The summed E-state index contributed by atoms with van der Waals surface area (Å²) in [6.45, 7) is 4.96. The summed E-state index contributed by atoms with van der Waals surface area (Å²) in [4.78, 5) is 8.74. The standard InChI is InChI=1S/C10H13N3S2/c1-3-8-5-11-9(15-8)6-13-7(2)4-12-10(13)14/h4-5H,3,6H2,1-2H3,(H,12,14). The first-order chi connectivity index (χ1) is 7.20. The fourth-order valence-electron chi connectivity index (χ4n) is 1.40. The van der Waals surface area contributed by atoms with Crippen LogP contribution in [0.3, 0.4) is 0 Å². The van der Waals surface area contributed by atoms with Crippen LogP contribution in [0.25, 0.3) is 0 Å². The van der Waals surface area contributed by atoms with E-state index in [2.05, 4.69) is 21.5 Å². The van der Waals surface area contributed by atoms with Crippen LogP contribution in [0.1, 0.15) is 22.5 Å². The molecular weight excluding hydrogens is 226 g/mol. The second-order valence-corrected chi connectivity index (χ2v) is 4.98. The number of thiazole rings is 1. The van der Waals surface area contributed by atoms with E-state index in [0.717, 1.165) is 28.4 Å². The Hall–Kier alpha value is -0.940. The third-order valence-corrected chi connectivity index (χ3v) is 3.78. The molecule has 3 nitrogen and oxygen atoms in total. The normalized spacial score (nSPS) is 10.8. The number of imidazole rings is 1. The molecule has 5 heteroatoms. The zero-order valence-corrected chi connectivity index (χ0v) is 10.4. The summed E-state index contributed by atoms with van der Waals surface area (Å²) in [6, 6.07) is 0. The molecule has 0 aliphatic carbocycles. The van der Waals surface area contributed by atoms with Crippen LogP contribution in [-0.4, -0.2) is 14.5 Å². The van der Waals surface area contributed by atoms with Crippen LogP contribution in [0.15, 0.2) is 12.4 Å². The van der Waals surface area contributed by atoms with Gasteiger partial charge in [-0.05, 0) is 25.6 Å². The van der Waals surface area contributed by atoms with Gasteiger partial charge in [0, 0.05) is 23.0 Å². The number of hydrogen-bond acceptors (Lipinski definition) is 3. The monoisotopic (exact) mass is 239 g/mol. The molecule has 0 fully saturated rings. The molecule has 1 N–H and O–H groups in total. The molecule has 0 saturated carbocycles. The van der Waals surface area contributed by atoms with Crippen LogP contribution in [-0.2, 0) is 13.0 Å². The van der Waals surface area contributed by atoms with E-state index >= 15 is 0 Å². The number of hydrogen-bond donors (Lipinski definition) is 1. The molecule has 0 saturated heterocycles. The van der Waals surface area contributed by atoms with Gasteiger partial charge in [0.2, 0.25) is 0 Å². The second kappa shape index (κ2) is 4.28. The van der Waals surface area contributed by atoms with Crippen LogP contribution in [0.2, 0.25) is 0 Å². The number of H-pyrrole nitrogens is 1. The molecule has 0 aliphatic rings. The SMILES string of the molecule is CCc1cnc(Cn2c(C)c[nH]c2=S)s1. The van der Waals surface area contributed by atoms with Gasteiger partial charge >= 0.3 is 0 Å². The van der Waals surface area contributed by atoms with Crippen molar-refractivity contribution in [1.29, 1.82) is 0 Å². The lowest BCUT2D eigenvalue weighted by Crippen LogP contribution is -2.00. The van der Waals surface area contributed by atoms with E-state index in [1.54, 1.807) is 11.3 Å². The van der Waals surface area contributed by atoms with E-state index < -0.39 is 0 Å². The Kier molecular flexibility index (Phi) is 3.02. The predicted octanol–water partition coefficient (Wildman–Crippen LogP) is 2.92. The molecule has 0 aromatic carbocycles. The Balaban J connectivity index is 2.25. The molecular formula is C10H13N3S2. The molecule has 0 atom stereocenters. The summed E-state index contributed by atoms with van der Waals surface area (Å²) < 4.78 is 2.83. The van der Waals surface area contributed by atoms with E-state index in [4.69, 9.17) is 12.2 Å². The number of nitrogens with zero attached hydrogens (tertiary/aromatic N) is 2. The summed E-state index contributed by atoms with van der Waals surface area (Å²) in [5.74, 6) is 0. The maximum absolute atomic E-state index is 5.19. The van der Waals surface area contributed by atoms with Crippen molar-refractivity contribution in [3.8, 4) is 0 Å². The van der Waals surface area contributed by atoms with Gasteiger partial charge in [-0.25, -0.2) is 4.98 Å². The fraction of sp³-hybridized carbons (Fsp3) is 0.400. The van der Waals surface area contributed by atoms with E-state index in [9.17, 15) is 0 Å². The summed E-state index contributed by atoms with van der Waals surface area (Å²) in [5, 5.41) is 1.12. The van der Waals surface area contributed by atoms with Gasteiger partial charge in [0.05, 0.1) is 6.54 Å². The molecule has 0 unspecified atom stereocenters. The lowest BCUT2D eigenvalue weighted by atomic mass is 10.4. The van der Waals surface area contributed by atoms with Crippen LogP contribution < -0.4 is 0 Å². The molecule has 0 spiro atoms. The number of aromatic amines is 1. The van der Waals surface area contributed by atoms with E-state index in [0.29, 0.717) is 0 Å². The molecule has 0 bridgehead atoms. The summed E-state index contributed by atoms with van der Waals surface area (Å²) in [5.41, 5.74) is 1.15. The van der Waals surface area contributed by atoms with Crippen LogP contribution in [0.5, 0.6) is 0 Å². The number of nitrogens with one attached hydrogen (secondary N) is 1. The van der Waals surface area contributed by atoms with Crippen LogP contribution in [0, 0.1) is 11.7 Å². The van der Waals surface area contributed by atoms with Crippen molar-refractivity contribution in [2.75, 3.05) is 0 Å². The highest BCUT2D eigenvalue weighted by Gasteiger charge is 2.04. The summed E-state index contributed by atoms with van der Waals surface area (Å²) in [6.07, 6.45) is 4.93. The van der Waals surface area contributed by atoms with Gasteiger partial charge in [0.15, 0.2) is 4.77 Å². The molecule has 80 valence electrons. The highest BCUT2D eigenvalue weighted by atomic mass is 32.1. The minimum Gasteiger partial charge on any atom is -0.337 e. The molecule has 0 radical (unpaired) electrons. The van der Waals surface area contributed by atoms with Crippen molar-refractivity contribution in [3.05, 3.63) is 32.7 Å². The molecule has 0 amide bonds. The fourth-order valence-corrected chi connectivity index (χ4v) is 2.52. The topological polar surface area (TPSA) is 33.6 Å². The predicted molar refractivity (Wildman–Crippen MR) is 64.9 cm³/mol. The largest absolute Gasteiger partial charge is 0.337 e. The summed E-state index contributed by atoms with van der Waals surface area (Å²) in [7, 11) is 0. The van der Waals surface area contributed by atoms with Gasteiger partial charge in [-0.3, -0.25) is 0 Å². The van der Waals surface area contributed by atoms with Crippen molar-refractivity contribution >= 4 is 23.6 Å². The zero-order valence-electron chi connectivity index (χ0n) is 8.78. The van der Waals surface area contributed by atoms with Crippen molar-refractivity contribution in [3.63, 3.8) is 0 Å². The lowest BCUT2D eigenvalue weighted by molar-refractivity contribution is 0.752. The zero-order chi connectivity index (χ0) is 10.8. The second-order valence-electron chi connectivity index (χ2n) is 3.40. The Morgan fingerprint density at radius 3 is 2.93 bits per heavy atom. The first-order valence-corrected chi connectivity index (χ1v) is 6.11. The number of rotatable bonds is 3. The van der Waals surface area contributed by atoms with Gasteiger partial charge in [-0.2, -0.15) is 0 Å². The van der Waals surface area contributed by atoms with Gasteiger partial charge < -0.3 is 9.55 Å². The summed E-state index contributed by atoms with van der Waals surface area (Å²) >= 11 is 6.95. The molecule has 15 heavy (non-hydrogen) atoms. The van der Waals surface area contributed by atoms with Crippen molar-refractivity contribution < 1.29 is 0 Å². The van der Waals surface area contributed by atoms with Gasteiger partial charge in [0.25, 0.3) is 0 Å². The maximum Gasteiger partial charge on any atom is 0.177 e.